The minimum absolute atomic E-state index is 0.0556. The van der Waals surface area contributed by atoms with E-state index in [1.807, 2.05) is 0 Å². The predicted molar refractivity (Wildman–Crippen MR) is 94.3 cm³/mol. The van der Waals surface area contributed by atoms with Gasteiger partial charge in [0.25, 0.3) is 0 Å². The smallest absolute Gasteiger partial charge is 0.211 e. The molecule has 0 saturated carbocycles. The highest BCUT2D eigenvalue weighted by Gasteiger charge is 2.08. The Hall–Kier alpha value is -1.64. The van der Waals surface area contributed by atoms with Gasteiger partial charge in [-0.3, -0.25) is 9.59 Å². The lowest BCUT2D eigenvalue weighted by atomic mass is 9.89. The summed E-state index contributed by atoms with van der Waals surface area (Å²) in [5, 5.41) is 2.46. The highest BCUT2D eigenvalue weighted by atomic mass is 16.1. The van der Waals surface area contributed by atoms with Gasteiger partial charge in [-0.1, -0.05) is 65.5 Å². The Labute approximate surface area is 135 Å². The summed E-state index contributed by atoms with van der Waals surface area (Å²) in [6, 6.07) is 6.88. The molecule has 22 heavy (non-hydrogen) atoms. The van der Waals surface area contributed by atoms with Crippen LogP contribution in [0.1, 0.15) is 70.7 Å². The van der Waals surface area contributed by atoms with Crippen molar-refractivity contribution in [3.05, 3.63) is 29.8 Å². The summed E-state index contributed by atoms with van der Waals surface area (Å²) in [4.78, 5) is 21.1. The molecule has 1 N–H and O–H groups in total. The average molecular weight is 305 g/mol. The van der Waals surface area contributed by atoms with Gasteiger partial charge in [0.1, 0.15) is 0 Å². The number of para-hydroxylation sites is 1. The minimum Gasteiger partial charge on any atom is -0.328 e. The molecular formula is C19H31NO2. The van der Waals surface area contributed by atoms with Crippen LogP contribution in [0.3, 0.4) is 0 Å². The van der Waals surface area contributed by atoms with Crippen LogP contribution in [0.25, 0.3) is 0 Å². The second-order valence-electron chi connectivity index (χ2n) is 5.87. The molecule has 3 nitrogen and oxygen atoms in total. The highest BCUT2D eigenvalue weighted by molar-refractivity contribution is 6.01. The Bertz CT molecular complexity index is 443. The number of hydrogen-bond acceptors (Lipinski definition) is 2. The fraction of sp³-hybridized carbons (Fsp3) is 0.579. The number of amides is 1. The fourth-order valence-corrected chi connectivity index (χ4v) is 2.19. The molecule has 0 radical (unpaired) electrons. The number of anilines is 1. The lowest BCUT2D eigenvalue weighted by Gasteiger charge is -2.17. The van der Waals surface area contributed by atoms with E-state index in [2.05, 4.69) is 33.0 Å². The van der Waals surface area contributed by atoms with E-state index < -0.39 is 0 Å². The molecule has 124 valence electrons. The molecule has 1 aromatic carbocycles. The Kier molecular flexibility index (Phi) is 11.1. The van der Waals surface area contributed by atoms with Crippen molar-refractivity contribution in [2.45, 2.75) is 60.3 Å². The Morgan fingerprint density at radius 3 is 2.32 bits per heavy atom. The lowest BCUT2D eigenvalue weighted by molar-refractivity contribution is -0.105. The van der Waals surface area contributed by atoms with E-state index in [4.69, 9.17) is 0 Å². The summed E-state index contributed by atoms with van der Waals surface area (Å²) in [6.45, 7) is 10.8. The topological polar surface area (TPSA) is 46.2 Å². The lowest BCUT2D eigenvalue weighted by Crippen LogP contribution is -2.06. The molecule has 0 saturated heterocycles. The summed E-state index contributed by atoms with van der Waals surface area (Å²) in [5.74, 6) is 1.80. The maximum absolute atomic E-state index is 11.0. The molecule has 0 aromatic heterocycles. The van der Waals surface area contributed by atoms with Crippen LogP contribution in [0.15, 0.2) is 24.3 Å². The van der Waals surface area contributed by atoms with Crippen LogP contribution in [0.4, 0.5) is 5.69 Å². The zero-order valence-electron chi connectivity index (χ0n) is 14.7. The number of hydrogen-bond donors (Lipinski definition) is 1. The third-order valence-electron chi connectivity index (χ3n) is 4.15. The van der Waals surface area contributed by atoms with Crippen molar-refractivity contribution in [3.63, 3.8) is 0 Å². The fourth-order valence-electron chi connectivity index (χ4n) is 2.19. The van der Waals surface area contributed by atoms with Gasteiger partial charge in [-0.05, 0) is 30.9 Å². The standard InChI is InChI=1S/C10H22.C9H9NO2/c1-5-7-8-10(4)9(3)6-2;1-7(12)8-4-2-3-5-9(8)10-6-11/h9-10H,5-8H2,1-4H3;2-6H,1H3,(H,10,11)/t9-,10-;/m1./s1. The SMILES string of the molecule is CC(=O)c1ccccc1NC=O.CCCC[C@@H](C)[C@H](C)CC. The number of rotatable bonds is 8. The predicted octanol–water partition coefficient (Wildman–Crippen LogP) is 5.32. The third-order valence-corrected chi connectivity index (χ3v) is 4.15. The Balaban J connectivity index is 0.000000409. The number of carbonyl (C=O) groups is 2. The highest BCUT2D eigenvalue weighted by Crippen LogP contribution is 2.19. The molecule has 0 aliphatic rings. The van der Waals surface area contributed by atoms with E-state index in [-0.39, 0.29) is 5.78 Å². The second-order valence-corrected chi connectivity index (χ2v) is 5.87. The van der Waals surface area contributed by atoms with E-state index in [1.54, 1.807) is 24.3 Å². The first-order valence-corrected chi connectivity index (χ1v) is 8.27. The van der Waals surface area contributed by atoms with Crippen molar-refractivity contribution in [1.82, 2.24) is 0 Å². The number of nitrogens with one attached hydrogen (secondary N) is 1. The van der Waals surface area contributed by atoms with Crippen molar-refractivity contribution in [2.24, 2.45) is 11.8 Å². The number of carbonyl (C=O) groups excluding carboxylic acids is 2. The van der Waals surface area contributed by atoms with E-state index in [9.17, 15) is 9.59 Å². The maximum atomic E-state index is 11.0. The Morgan fingerprint density at radius 2 is 1.82 bits per heavy atom. The summed E-state index contributed by atoms with van der Waals surface area (Å²) in [5.41, 5.74) is 1.09. The molecule has 1 aromatic rings. The zero-order valence-corrected chi connectivity index (χ0v) is 14.7. The van der Waals surface area contributed by atoms with Crippen LogP contribution in [0, 0.1) is 11.8 Å². The van der Waals surface area contributed by atoms with Gasteiger partial charge in [0.2, 0.25) is 6.41 Å². The number of Topliss-reactive ketones (excluding diaryl/α,β-unsaturated/α-hetero) is 1. The van der Waals surface area contributed by atoms with E-state index in [0.29, 0.717) is 17.7 Å². The first kappa shape index (κ1) is 20.4. The molecule has 3 heteroatoms. The quantitative estimate of drug-likeness (QED) is 0.522. The van der Waals surface area contributed by atoms with Crippen LogP contribution in [0.5, 0.6) is 0 Å². The second kappa shape index (κ2) is 12.0. The van der Waals surface area contributed by atoms with Gasteiger partial charge in [-0.15, -0.1) is 0 Å². The number of unbranched alkanes of at least 4 members (excludes halogenated alkanes) is 1. The maximum Gasteiger partial charge on any atom is 0.211 e. The summed E-state index contributed by atoms with van der Waals surface area (Å²) in [7, 11) is 0. The molecule has 2 atom stereocenters. The largest absolute Gasteiger partial charge is 0.328 e. The molecule has 1 rings (SSSR count). The average Bonchev–Trinajstić information content (AvgIpc) is 2.53. The van der Waals surface area contributed by atoms with Crippen molar-refractivity contribution in [1.29, 1.82) is 0 Å². The number of ketones is 1. The number of benzene rings is 1. The van der Waals surface area contributed by atoms with Crippen LogP contribution < -0.4 is 5.32 Å². The van der Waals surface area contributed by atoms with E-state index >= 15 is 0 Å². The monoisotopic (exact) mass is 305 g/mol. The third kappa shape index (κ3) is 7.96. The van der Waals surface area contributed by atoms with Crippen molar-refractivity contribution in [2.75, 3.05) is 5.32 Å². The molecule has 0 spiro atoms. The van der Waals surface area contributed by atoms with Crippen molar-refractivity contribution < 1.29 is 9.59 Å². The summed E-state index contributed by atoms with van der Waals surface area (Å²) in [6.07, 6.45) is 6.07. The Morgan fingerprint density at radius 1 is 1.18 bits per heavy atom. The molecule has 0 aliphatic carbocycles. The van der Waals surface area contributed by atoms with Gasteiger partial charge < -0.3 is 5.32 Å². The van der Waals surface area contributed by atoms with Gasteiger partial charge in [0.05, 0.1) is 5.69 Å². The molecule has 0 heterocycles. The zero-order chi connectivity index (χ0) is 17.0. The van der Waals surface area contributed by atoms with Crippen LogP contribution in [0.2, 0.25) is 0 Å². The molecular weight excluding hydrogens is 274 g/mol. The van der Waals surface area contributed by atoms with Crippen molar-refractivity contribution in [3.8, 4) is 0 Å². The molecule has 0 aliphatic heterocycles. The van der Waals surface area contributed by atoms with Crippen LogP contribution in [-0.4, -0.2) is 12.2 Å². The van der Waals surface area contributed by atoms with Gasteiger partial charge in [-0.2, -0.15) is 0 Å². The summed E-state index contributed by atoms with van der Waals surface area (Å²) >= 11 is 0. The van der Waals surface area contributed by atoms with Gasteiger partial charge in [-0.25, -0.2) is 0 Å². The first-order valence-electron chi connectivity index (χ1n) is 8.27. The normalized spacial score (nSPS) is 12.6. The van der Waals surface area contributed by atoms with Gasteiger partial charge in [0, 0.05) is 5.56 Å². The summed E-state index contributed by atoms with van der Waals surface area (Å²) < 4.78 is 0. The molecule has 1 amide bonds. The van der Waals surface area contributed by atoms with Gasteiger partial charge >= 0.3 is 0 Å². The van der Waals surface area contributed by atoms with Gasteiger partial charge in [0.15, 0.2) is 5.78 Å². The molecule has 0 bridgehead atoms. The van der Waals surface area contributed by atoms with E-state index in [0.717, 1.165) is 11.8 Å². The van der Waals surface area contributed by atoms with Crippen LogP contribution >= 0.6 is 0 Å². The minimum atomic E-state index is -0.0556. The van der Waals surface area contributed by atoms with Crippen LogP contribution in [-0.2, 0) is 4.79 Å². The molecule has 0 fully saturated rings. The van der Waals surface area contributed by atoms with Crippen molar-refractivity contribution >= 4 is 17.9 Å². The first-order chi connectivity index (χ1) is 10.5. The van der Waals surface area contributed by atoms with E-state index in [1.165, 1.54) is 32.6 Å². The molecule has 0 unspecified atom stereocenters.